The van der Waals surface area contributed by atoms with Crippen molar-refractivity contribution in [2.24, 2.45) is 5.92 Å². The van der Waals surface area contributed by atoms with E-state index in [1.807, 2.05) is 60.4 Å². The smallest absolute Gasteiger partial charge is 0.246 e. The SMILES string of the molecule is CNC(C)C(=O)N[C@H](C(=O)N1CCC[C@H]1c1nc(-c2ccc(OCCOCCOCCOc3cc(Nc4cc(-c5cc(C#N)ccc5OC)ccn4)ccc3N3CCN(C)CC3)c3ccccc23)cs1)C1CCCCC1. The van der Waals surface area contributed by atoms with Crippen molar-refractivity contribution in [3.05, 3.63) is 107 Å². The molecule has 0 bridgehead atoms. The first kappa shape index (κ1) is 54.0. The Balaban J connectivity index is 0.756. The monoisotopic (exact) mass is 1050 g/mol. The second-order valence-electron chi connectivity index (χ2n) is 19.8. The Bertz CT molecular complexity index is 2950. The van der Waals surface area contributed by atoms with Gasteiger partial charge in [0.1, 0.15) is 47.3 Å². The lowest BCUT2D eigenvalue weighted by atomic mass is 9.83. The molecule has 0 spiro atoms. The molecule has 3 fully saturated rings. The van der Waals surface area contributed by atoms with Crippen LogP contribution in [-0.4, -0.2) is 137 Å². The molecule has 2 aromatic heterocycles. The summed E-state index contributed by atoms with van der Waals surface area (Å²) >= 11 is 1.60. The van der Waals surface area contributed by atoms with Crippen LogP contribution in [0.1, 0.15) is 68.5 Å². The minimum Gasteiger partial charge on any atom is -0.496 e. The molecule has 4 aromatic carbocycles. The molecule has 3 aliphatic rings. The predicted octanol–water partition coefficient (Wildman–Crippen LogP) is 9.23. The van der Waals surface area contributed by atoms with Crippen LogP contribution in [0.25, 0.3) is 33.2 Å². The van der Waals surface area contributed by atoms with Gasteiger partial charge in [0.15, 0.2) is 0 Å². The Morgan fingerprint density at radius 3 is 2.28 bits per heavy atom. The quantitative estimate of drug-likeness (QED) is 0.0518. The summed E-state index contributed by atoms with van der Waals surface area (Å²) < 4.78 is 30.2. The van der Waals surface area contributed by atoms with Crippen molar-refractivity contribution in [2.45, 2.75) is 70.0 Å². The van der Waals surface area contributed by atoms with Crippen molar-refractivity contribution in [1.82, 2.24) is 30.4 Å². The van der Waals surface area contributed by atoms with Crippen LogP contribution >= 0.6 is 11.3 Å². The van der Waals surface area contributed by atoms with Crippen molar-refractivity contribution >= 4 is 51.1 Å². The van der Waals surface area contributed by atoms with Crippen molar-refractivity contribution in [3.63, 3.8) is 0 Å². The molecular weight excluding hydrogens is 979 g/mol. The van der Waals surface area contributed by atoms with Gasteiger partial charge < -0.3 is 54.3 Å². The fourth-order valence-electron chi connectivity index (χ4n) is 10.5. The number of methoxy groups -OCH3 is 1. The van der Waals surface area contributed by atoms with Crippen LogP contribution in [0.4, 0.5) is 17.2 Å². The van der Waals surface area contributed by atoms with Crippen molar-refractivity contribution in [3.8, 4) is 45.7 Å². The lowest BCUT2D eigenvalue weighted by Crippen LogP contribution is -2.55. The van der Waals surface area contributed by atoms with E-state index in [4.69, 9.17) is 28.7 Å². The molecule has 3 N–H and O–H groups in total. The number of hydrogen-bond donors (Lipinski definition) is 3. The maximum atomic E-state index is 14.4. The third-order valence-electron chi connectivity index (χ3n) is 14.8. The molecule has 3 atom stereocenters. The molecule has 9 rings (SSSR count). The van der Waals surface area contributed by atoms with Gasteiger partial charge in [-0.15, -0.1) is 11.3 Å². The first-order valence-corrected chi connectivity index (χ1v) is 27.6. The summed E-state index contributed by atoms with van der Waals surface area (Å²) in [6.07, 6.45) is 8.71. The molecule has 2 aliphatic heterocycles. The zero-order valence-corrected chi connectivity index (χ0v) is 45.0. The van der Waals surface area contributed by atoms with E-state index < -0.39 is 6.04 Å². The number of piperazine rings is 1. The number of ether oxygens (including phenoxy) is 5. The number of pyridine rings is 1. The zero-order chi connectivity index (χ0) is 52.8. The lowest BCUT2D eigenvalue weighted by molar-refractivity contribution is -0.139. The van der Waals surface area contributed by atoms with Crippen molar-refractivity contribution < 1.29 is 33.3 Å². The van der Waals surface area contributed by atoms with Gasteiger partial charge in [0, 0.05) is 72.6 Å². The molecular formula is C59H71N9O7S. The van der Waals surface area contributed by atoms with Crippen LogP contribution in [0.5, 0.6) is 17.2 Å². The van der Waals surface area contributed by atoms with Gasteiger partial charge in [-0.1, -0.05) is 43.5 Å². The van der Waals surface area contributed by atoms with Crippen molar-refractivity contribution in [1.29, 1.82) is 5.26 Å². The molecule has 2 amide bonds. The summed E-state index contributed by atoms with van der Waals surface area (Å²) in [5.41, 5.74) is 5.97. The number of fused-ring (bicyclic) bond motifs is 1. The van der Waals surface area contributed by atoms with Crippen LogP contribution < -0.4 is 35.1 Å². The third kappa shape index (κ3) is 13.2. The molecule has 0 radical (unpaired) electrons. The molecule has 76 heavy (non-hydrogen) atoms. The third-order valence-corrected chi connectivity index (χ3v) is 15.8. The molecule has 17 heteroatoms. The van der Waals surface area contributed by atoms with Crippen LogP contribution in [0.15, 0.2) is 96.5 Å². The van der Waals surface area contributed by atoms with E-state index in [1.54, 1.807) is 43.8 Å². The zero-order valence-electron chi connectivity index (χ0n) is 44.2. The second kappa shape index (κ2) is 26.3. The average Bonchev–Trinajstić information content (AvgIpc) is 4.18. The van der Waals surface area contributed by atoms with Crippen LogP contribution in [-0.2, 0) is 19.1 Å². The van der Waals surface area contributed by atoms with E-state index in [-0.39, 0.29) is 29.8 Å². The van der Waals surface area contributed by atoms with Crippen LogP contribution in [0, 0.1) is 17.2 Å². The van der Waals surface area contributed by atoms with E-state index in [1.165, 1.54) is 6.42 Å². The van der Waals surface area contributed by atoms with Gasteiger partial charge in [-0.05, 0) is 118 Å². The number of aromatic nitrogens is 2. The van der Waals surface area contributed by atoms with E-state index in [2.05, 4.69) is 73.5 Å². The number of anilines is 3. The Labute approximate surface area is 450 Å². The number of likely N-dealkylation sites (N-methyl/N-ethyl adjacent to an activating group) is 2. The topological polar surface area (TPSA) is 176 Å². The maximum absolute atomic E-state index is 14.4. The number of amides is 2. The number of benzene rings is 4. The van der Waals surface area contributed by atoms with Gasteiger partial charge in [-0.3, -0.25) is 9.59 Å². The van der Waals surface area contributed by atoms with E-state index in [9.17, 15) is 14.9 Å². The number of nitrogens with one attached hydrogen (secondary N) is 3. The highest BCUT2D eigenvalue weighted by Gasteiger charge is 2.40. The molecule has 16 nitrogen and oxygen atoms in total. The highest BCUT2D eigenvalue weighted by atomic mass is 32.1. The van der Waals surface area contributed by atoms with Gasteiger partial charge in [0.05, 0.1) is 68.6 Å². The van der Waals surface area contributed by atoms with E-state index in [0.717, 1.165) is 126 Å². The first-order valence-electron chi connectivity index (χ1n) is 26.8. The first-order chi connectivity index (χ1) is 37.2. The number of carbonyl (C=O) groups is 2. The normalized spacial score (nSPS) is 17.0. The summed E-state index contributed by atoms with van der Waals surface area (Å²) in [7, 11) is 5.53. The average molecular weight is 1050 g/mol. The molecule has 1 saturated carbocycles. The Morgan fingerprint density at radius 2 is 1.53 bits per heavy atom. The summed E-state index contributed by atoms with van der Waals surface area (Å²) in [6.45, 7) is 8.55. The van der Waals surface area contributed by atoms with Crippen LogP contribution in [0.2, 0.25) is 0 Å². The molecule has 400 valence electrons. The Morgan fingerprint density at radius 1 is 0.789 bits per heavy atom. The van der Waals surface area contributed by atoms with Crippen molar-refractivity contribution in [2.75, 3.05) is 104 Å². The number of rotatable bonds is 23. The minimum atomic E-state index is -0.532. The van der Waals surface area contributed by atoms with Gasteiger partial charge in [0.25, 0.3) is 0 Å². The number of thiazole rings is 1. The van der Waals surface area contributed by atoms with Gasteiger partial charge in [-0.25, -0.2) is 9.97 Å². The summed E-state index contributed by atoms with van der Waals surface area (Å²) in [5.74, 6) is 2.86. The number of nitriles is 1. The number of nitrogens with zero attached hydrogens (tertiary/aromatic N) is 6. The summed E-state index contributed by atoms with van der Waals surface area (Å²) in [4.78, 5) is 43.9. The maximum Gasteiger partial charge on any atom is 0.246 e. The fourth-order valence-corrected chi connectivity index (χ4v) is 11.5. The Kier molecular flexibility index (Phi) is 18.7. The fraction of sp³-hybridized carbons (Fsp3) is 0.441. The highest BCUT2D eigenvalue weighted by molar-refractivity contribution is 7.10. The largest absolute Gasteiger partial charge is 0.496 e. The minimum absolute atomic E-state index is 0.0150. The van der Waals surface area contributed by atoms with Gasteiger partial charge in [0.2, 0.25) is 11.8 Å². The van der Waals surface area contributed by atoms with E-state index in [0.29, 0.717) is 63.3 Å². The predicted molar refractivity (Wildman–Crippen MR) is 299 cm³/mol. The van der Waals surface area contributed by atoms with Gasteiger partial charge >= 0.3 is 0 Å². The Hall–Kier alpha value is -6.81. The molecule has 2 saturated heterocycles. The summed E-state index contributed by atoms with van der Waals surface area (Å²) in [6, 6.07) is 28.8. The van der Waals surface area contributed by atoms with Gasteiger partial charge in [-0.2, -0.15) is 5.26 Å². The number of hydrogen-bond acceptors (Lipinski definition) is 15. The van der Waals surface area contributed by atoms with Crippen LogP contribution in [0.3, 0.4) is 0 Å². The summed E-state index contributed by atoms with van der Waals surface area (Å²) in [5, 5.41) is 24.2. The highest BCUT2D eigenvalue weighted by Crippen LogP contribution is 2.41. The number of carbonyl (C=O) groups excluding carboxylic acids is 2. The number of likely N-dealkylation sites (tertiary alicyclic amines) is 1. The van der Waals surface area contributed by atoms with E-state index >= 15 is 0 Å². The molecule has 6 aromatic rings. The molecule has 1 unspecified atom stereocenters. The standard InChI is InChI=1S/C59H71N9O7S/c1-40(61-2)57(69)65-56(42-11-6-5-7-12-42)59(70)68-24-10-15-51(68)58-64-49(39-76-58)46-18-21-53(47-14-9-8-13-45(46)47)74-33-31-72-29-30-73-32-34-75-54-37-44(17-19-50(54)67-27-25-66(3)26-28-67)63-55-36-43(22-23-62-55)48-35-41(38-60)16-20-52(48)71-4/h8-9,13-14,16-23,35-37,39-40,42,51,56,61H,5-7,10-12,15,24-34H2,1-4H3,(H,62,63)(H,65,69)/t40?,51-,56-/m0/s1. The molecule has 4 heterocycles. The molecule has 1 aliphatic carbocycles. The second-order valence-corrected chi connectivity index (χ2v) is 20.7. The lowest BCUT2D eigenvalue weighted by Gasteiger charge is -2.35.